The molecule has 0 saturated heterocycles. The van der Waals surface area contributed by atoms with Crippen molar-refractivity contribution >= 4 is 11.6 Å². The smallest absolute Gasteiger partial charge is 0.0305 e. The summed E-state index contributed by atoms with van der Waals surface area (Å²) in [5, 5.41) is 3.41. The Morgan fingerprint density at radius 3 is 2.87 bits per heavy atom. The van der Waals surface area contributed by atoms with Crippen LogP contribution >= 0.6 is 11.6 Å². The van der Waals surface area contributed by atoms with Crippen LogP contribution in [0.25, 0.3) is 0 Å². The fourth-order valence-corrected chi connectivity index (χ4v) is 1.59. The molecule has 0 spiro atoms. The van der Waals surface area contributed by atoms with Gasteiger partial charge < -0.3 is 5.32 Å². The molecule has 0 aliphatic carbocycles. The third kappa shape index (κ3) is 4.18. The number of nitrogens with zero attached hydrogens (tertiary/aromatic N) is 1. The molecule has 15 heavy (non-hydrogen) atoms. The molecule has 0 aromatic carbocycles. The van der Waals surface area contributed by atoms with Gasteiger partial charge in [-0.25, -0.2) is 0 Å². The Labute approximate surface area is 97.1 Å². The van der Waals surface area contributed by atoms with Gasteiger partial charge in [0, 0.05) is 30.2 Å². The van der Waals surface area contributed by atoms with Gasteiger partial charge in [-0.15, -0.1) is 11.6 Å². The quantitative estimate of drug-likeness (QED) is 0.596. The first kappa shape index (κ1) is 12.5. The van der Waals surface area contributed by atoms with E-state index >= 15 is 0 Å². The Kier molecular flexibility index (Phi) is 5.06. The zero-order valence-corrected chi connectivity index (χ0v) is 10.2. The third-order valence-corrected chi connectivity index (χ3v) is 2.76. The van der Waals surface area contributed by atoms with Gasteiger partial charge in [0.25, 0.3) is 0 Å². The van der Waals surface area contributed by atoms with Crippen molar-refractivity contribution in [3.8, 4) is 0 Å². The molecule has 1 aromatic heterocycles. The summed E-state index contributed by atoms with van der Waals surface area (Å²) in [5.74, 6) is 0.723. The molecule has 2 nitrogen and oxygen atoms in total. The van der Waals surface area contributed by atoms with E-state index in [9.17, 15) is 0 Å². The average Bonchev–Trinajstić information content (AvgIpc) is 2.26. The number of halogens is 1. The highest BCUT2D eigenvalue weighted by Crippen LogP contribution is 2.20. The second-order valence-corrected chi connectivity index (χ2v) is 4.72. The molecular formula is C12H19ClN2. The van der Waals surface area contributed by atoms with Gasteiger partial charge in [-0.1, -0.05) is 19.9 Å². The molecule has 3 heteroatoms. The predicted molar refractivity (Wildman–Crippen MR) is 65.5 cm³/mol. The number of nitrogens with one attached hydrogen (secondary N) is 1. The van der Waals surface area contributed by atoms with E-state index < -0.39 is 0 Å². The van der Waals surface area contributed by atoms with Gasteiger partial charge in [-0.05, 0) is 24.6 Å². The average molecular weight is 227 g/mol. The van der Waals surface area contributed by atoms with Crippen LogP contribution in [-0.4, -0.2) is 24.0 Å². The van der Waals surface area contributed by atoms with Crippen LogP contribution in [0.4, 0.5) is 0 Å². The molecule has 1 aromatic rings. The van der Waals surface area contributed by atoms with Crippen molar-refractivity contribution in [2.75, 3.05) is 19.0 Å². The van der Waals surface area contributed by atoms with Crippen molar-refractivity contribution in [1.29, 1.82) is 0 Å². The van der Waals surface area contributed by atoms with Crippen LogP contribution in [0.1, 0.15) is 25.8 Å². The second-order valence-electron chi connectivity index (χ2n) is 4.34. The number of hydrogen-bond donors (Lipinski definition) is 1. The van der Waals surface area contributed by atoms with E-state index in [1.54, 1.807) is 6.20 Å². The van der Waals surface area contributed by atoms with Crippen LogP contribution in [0.15, 0.2) is 24.5 Å². The maximum absolute atomic E-state index is 5.62. The standard InChI is InChI=1S/C12H19ClN2/c1-12(2,10-15-8-4-6-13)11-5-3-7-14-9-11/h3,5,7,9,15H,4,6,8,10H2,1-2H3. The number of pyridine rings is 1. The van der Waals surface area contributed by atoms with E-state index in [0.717, 1.165) is 25.4 Å². The lowest BCUT2D eigenvalue weighted by molar-refractivity contribution is 0.468. The number of hydrogen-bond acceptors (Lipinski definition) is 2. The first-order chi connectivity index (χ1) is 7.17. The SMILES string of the molecule is CC(C)(CNCCCCl)c1cccnc1. The summed E-state index contributed by atoms with van der Waals surface area (Å²) < 4.78 is 0. The molecule has 0 saturated carbocycles. The third-order valence-electron chi connectivity index (χ3n) is 2.50. The van der Waals surface area contributed by atoms with Crippen molar-refractivity contribution < 1.29 is 0 Å². The number of rotatable bonds is 6. The normalized spacial score (nSPS) is 11.7. The topological polar surface area (TPSA) is 24.9 Å². The van der Waals surface area contributed by atoms with Crippen LogP contribution < -0.4 is 5.32 Å². The van der Waals surface area contributed by atoms with Crippen LogP contribution in [0, 0.1) is 0 Å². The Hall–Kier alpha value is -0.600. The maximum Gasteiger partial charge on any atom is 0.0305 e. The first-order valence-corrected chi connectivity index (χ1v) is 5.87. The summed E-state index contributed by atoms with van der Waals surface area (Å²) in [6.45, 7) is 6.37. The molecule has 0 fully saturated rings. The Morgan fingerprint density at radius 2 is 2.27 bits per heavy atom. The zero-order valence-electron chi connectivity index (χ0n) is 9.46. The van der Waals surface area contributed by atoms with E-state index in [1.807, 2.05) is 12.3 Å². The van der Waals surface area contributed by atoms with Crippen molar-refractivity contribution in [2.24, 2.45) is 0 Å². The minimum Gasteiger partial charge on any atom is -0.316 e. The molecule has 1 N–H and O–H groups in total. The van der Waals surface area contributed by atoms with Crippen molar-refractivity contribution in [3.05, 3.63) is 30.1 Å². The monoisotopic (exact) mass is 226 g/mol. The summed E-state index contributed by atoms with van der Waals surface area (Å²) in [4.78, 5) is 4.15. The molecule has 0 bridgehead atoms. The maximum atomic E-state index is 5.62. The largest absolute Gasteiger partial charge is 0.316 e. The molecule has 1 rings (SSSR count). The van der Waals surface area contributed by atoms with E-state index in [-0.39, 0.29) is 5.41 Å². The summed E-state index contributed by atoms with van der Waals surface area (Å²) >= 11 is 5.62. The van der Waals surface area contributed by atoms with Gasteiger partial charge in [0.2, 0.25) is 0 Å². The zero-order chi connectivity index (χ0) is 11.1. The second kappa shape index (κ2) is 6.09. The molecular weight excluding hydrogens is 208 g/mol. The summed E-state index contributed by atoms with van der Waals surface area (Å²) in [5.41, 5.74) is 1.39. The highest BCUT2D eigenvalue weighted by atomic mass is 35.5. The van der Waals surface area contributed by atoms with Gasteiger partial charge in [0.1, 0.15) is 0 Å². The number of aromatic nitrogens is 1. The highest BCUT2D eigenvalue weighted by molar-refractivity contribution is 6.17. The van der Waals surface area contributed by atoms with E-state index in [2.05, 4.69) is 30.2 Å². The van der Waals surface area contributed by atoms with Gasteiger partial charge in [0.05, 0.1) is 0 Å². The fourth-order valence-electron chi connectivity index (χ4n) is 1.46. The molecule has 0 amide bonds. The van der Waals surface area contributed by atoms with Crippen LogP contribution in [0.3, 0.4) is 0 Å². The van der Waals surface area contributed by atoms with E-state index in [1.165, 1.54) is 5.56 Å². The minimum absolute atomic E-state index is 0.126. The number of alkyl halides is 1. The Morgan fingerprint density at radius 1 is 1.47 bits per heavy atom. The molecule has 0 unspecified atom stereocenters. The summed E-state index contributed by atoms with van der Waals surface area (Å²) in [6, 6.07) is 4.10. The van der Waals surface area contributed by atoms with Crippen LogP contribution in [-0.2, 0) is 5.41 Å². The first-order valence-electron chi connectivity index (χ1n) is 5.34. The Bertz CT molecular complexity index is 272. The van der Waals surface area contributed by atoms with Crippen molar-refractivity contribution in [1.82, 2.24) is 10.3 Å². The lowest BCUT2D eigenvalue weighted by Gasteiger charge is -2.25. The van der Waals surface area contributed by atoms with Gasteiger partial charge >= 0.3 is 0 Å². The fraction of sp³-hybridized carbons (Fsp3) is 0.583. The van der Waals surface area contributed by atoms with Crippen LogP contribution in [0.5, 0.6) is 0 Å². The van der Waals surface area contributed by atoms with E-state index in [4.69, 9.17) is 11.6 Å². The molecule has 0 aliphatic heterocycles. The van der Waals surface area contributed by atoms with E-state index in [0.29, 0.717) is 0 Å². The molecule has 1 heterocycles. The van der Waals surface area contributed by atoms with Crippen molar-refractivity contribution in [3.63, 3.8) is 0 Å². The van der Waals surface area contributed by atoms with Crippen molar-refractivity contribution in [2.45, 2.75) is 25.7 Å². The van der Waals surface area contributed by atoms with Gasteiger partial charge in [-0.3, -0.25) is 4.98 Å². The van der Waals surface area contributed by atoms with Gasteiger partial charge in [-0.2, -0.15) is 0 Å². The van der Waals surface area contributed by atoms with Gasteiger partial charge in [0.15, 0.2) is 0 Å². The summed E-state index contributed by atoms with van der Waals surface area (Å²) in [7, 11) is 0. The highest BCUT2D eigenvalue weighted by Gasteiger charge is 2.19. The molecule has 84 valence electrons. The Balaban J connectivity index is 2.45. The molecule has 0 radical (unpaired) electrons. The minimum atomic E-state index is 0.126. The summed E-state index contributed by atoms with van der Waals surface area (Å²) in [6.07, 6.45) is 4.76. The lowest BCUT2D eigenvalue weighted by atomic mass is 9.86. The molecule has 0 aliphatic rings. The predicted octanol–water partition coefficient (Wildman–Crippen LogP) is 2.58. The lowest BCUT2D eigenvalue weighted by Crippen LogP contribution is -2.33. The molecule has 0 atom stereocenters. The van der Waals surface area contributed by atoms with Crippen LogP contribution in [0.2, 0.25) is 0 Å².